The van der Waals surface area contributed by atoms with E-state index in [1.165, 1.54) is 24.0 Å². The summed E-state index contributed by atoms with van der Waals surface area (Å²) >= 11 is 0. The van der Waals surface area contributed by atoms with Gasteiger partial charge in [-0.05, 0) is 53.5 Å². The maximum absolute atomic E-state index is 13.3. The van der Waals surface area contributed by atoms with Gasteiger partial charge in [-0.15, -0.1) is 0 Å². The average molecular weight is 957 g/mol. The molecule has 66 heavy (non-hydrogen) atoms. The second kappa shape index (κ2) is 21.4. The summed E-state index contributed by atoms with van der Waals surface area (Å²) in [5, 5.41) is 29.1. The lowest BCUT2D eigenvalue weighted by atomic mass is 9.88. The molecule has 19 heteroatoms. The van der Waals surface area contributed by atoms with Crippen molar-refractivity contribution in [3.63, 3.8) is 0 Å². The van der Waals surface area contributed by atoms with E-state index in [2.05, 4.69) is 72.7 Å². The highest BCUT2D eigenvalue weighted by molar-refractivity contribution is 6.74. The number of ether oxygens (including phenoxy) is 2. The van der Waals surface area contributed by atoms with Crippen LogP contribution < -0.4 is 5.73 Å². The first kappa shape index (κ1) is 55.4. The summed E-state index contributed by atoms with van der Waals surface area (Å²) in [6.07, 6.45) is 1.44. The number of nitrogens with one attached hydrogen (secondary N) is 1. The first-order valence-electron chi connectivity index (χ1n) is 21.9. The number of aliphatic carboxylic acids is 2. The van der Waals surface area contributed by atoms with Crippen LogP contribution in [0.25, 0.3) is 10.9 Å². The molecule has 0 unspecified atom stereocenters. The number of rotatable bonds is 14. The lowest BCUT2D eigenvalue weighted by molar-refractivity contribution is -0.161. The molecule has 0 aliphatic carbocycles. The molecule has 3 aromatic rings. The summed E-state index contributed by atoms with van der Waals surface area (Å²) in [6, 6.07) is 14.5. The number of carboxylic acids is 2. The number of hydrogen-bond acceptors (Lipinski definition) is 12. The Bertz CT molecular complexity index is 2200. The highest BCUT2D eigenvalue weighted by atomic mass is 28.4. The van der Waals surface area contributed by atoms with Crippen molar-refractivity contribution in [3.8, 4) is 0 Å². The molecule has 5 rings (SSSR count). The van der Waals surface area contributed by atoms with Gasteiger partial charge < -0.3 is 54.2 Å². The fraction of sp³-hybridized carbons (Fsp3) is 0.574. The standard InChI is InChI=1S/C20H31NO4Si.C14H16N2O5.C13H25NO4Si/c1-19(2,3)26(6,7)25-20(13-15-11-9-8-10-12-15)14-16(17(22)24-5)21(4)18(20)23;15-10(12(17)18)6-14(21,13(19)20)5-8-7-16-11-4-2-1-3-9(8)11;1-13(2,3)19(6,7)18-10-8-9(12(16)17-5)14(4)11(10)15/h8-12,16H,13-14H2,1-7H3;1-4,7,10,16,21H,5-6,15H2,(H,17,18)(H,19,20);9-10H,8H2,1-7H3/t16-,20-;10-,14+;9-,10-/m111/s1. The molecule has 0 saturated carbocycles. The van der Waals surface area contributed by atoms with E-state index >= 15 is 0 Å². The number of aromatic nitrogens is 1. The number of para-hydroxylation sites is 1. The minimum absolute atomic E-state index is 0.0369. The van der Waals surface area contributed by atoms with Crippen molar-refractivity contribution < 1.29 is 62.4 Å². The smallest absolute Gasteiger partial charge is 0.336 e. The molecule has 2 amide bonds. The van der Waals surface area contributed by atoms with Gasteiger partial charge in [0.25, 0.3) is 11.8 Å². The summed E-state index contributed by atoms with van der Waals surface area (Å²) in [5.41, 5.74) is 4.51. The Hall–Kier alpha value is -4.93. The zero-order valence-corrected chi connectivity index (χ0v) is 43.0. The zero-order valence-electron chi connectivity index (χ0n) is 41.0. The third kappa shape index (κ3) is 12.9. The Labute approximate surface area is 390 Å². The lowest BCUT2D eigenvalue weighted by Gasteiger charge is -2.43. The van der Waals surface area contributed by atoms with Gasteiger partial charge >= 0.3 is 23.9 Å². The molecule has 0 spiro atoms. The number of carboxylic acid groups (broad SMARTS) is 2. The van der Waals surface area contributed by atoms with Crippen molar-refractivity contribution in [2.75, 3.05) is 28.3 Å². The number of esters is 2. The van der Waals surface area contributed by atoms with E-state index in [1.54, 1.807) is 32.4 Å². The van der Waals surface area contributed by atoms with Gasteiger partial charge in [0.1, 0.15) is 29.8 Å². The van der Waals surface area contributed by atoms with Crippen LogP contribution in [0.1, 0.15) is 71.9 Å². The van der Waals surface area contributed by atoms with Crippen molar-refractivity contribution in [2.45, 2.75) is 145 Å². The molecular weight excluding hydrogens is 885 g/mol. The Balaban J connectivity index is 0.000000267. The Morgan fingerprint density at radius 2 is 1.36 bits per heavy atom. The molecule has 2 fully saturated rings. The van der Waals surface area contributed by atoms with Crippen molar-refractivity contribution in [2.24, 2.45) is 5.73 Å². The lowest BCUT2D eigenvalue weighted by Crippen LogP contribution is -2.54. The number of nitrogens with zero attached hydrogens (tertiary/aromatic N) is 2. The minimum atomic E-state index is -2.24. The van der Waals surface area contributed by atoms with E-state index in [-0.39, 0.29) is 34.3 Å². The number of likely N-dealkylation sites (N-methyl/N-ethyl adjacent to an activating group) is 2. The third-order valence-electron chi connectivity index (χ3n) is 13.4. The van der Waals surface area contributed by atoms with Crippen LogP contribution >= 0.6 is 0 Å². The monoisotopic (exact) mass is 956 g/mol. The summed E-state index contributed by atoms with van der Waals surface area (Å²) in [6.45, 7) is 21.3. The van der Waals surface area contributed by atoms with Crippen LogP contribution in [0.3, 0.4) is 0 Å². The molecular formula is C47H72N4O13Si2. The second-order valence-electron chi connectivity index (χ2n) is 20.3. The van der Waals surface area contributed by atoms with Gasteiger partial charge in [-0.3, -0.25) is 14.4 Å². The highest BCUT2D eigenvalue weighted by Gasteiger charge is 2.57. The van der Waals surface area contributed by atoms with Crippen LogP contribution in [0, 0.1) is 0 Å². The molecule has 6 atom stereocenters. The number of aliphatic hydroxyl groups is 1. The van der Waals surface area contributed by atoms with Gasteiger partial charge in [0.15, 0.2) is 22.2 Å². The Morgan fingerprint density at radius 3 is 1.88 bits per heavy atom. The SMILES string of the molecule is COC(=O)[C@H]1C[C@@H](O[Si](C)(C)C(C)(C)C)C(=O)N1C.COC(=O)[C@H]1C[C@@](Cc2ccccc2)(O[Si](C)(C)C(C)(C)C)C(=O)N1C.N[C@H](C[C@@](O)(Cc1c[nH]c2ccccc12)C(=O)O)C(=O)O. The second-order valence-corrected chi connectivity index (χ2v) is 29.8. The van der Waals surface area contributed by atoms with Crippen molar-refractivity contribution >= 4 is 63.2 Å². The van der Waals surface area contributed by atoms with E-state index in [0.717, 1.165) is 16.5 Å². The van der Waals surface area contributed by atoms with Gasteiger partial charge in [-0.25, -0.2) is 14.4 Å². The normalized spacial score (nSPS) is 21.5. The molecule has 17 nitrogen and oxygen atoms in total. The first-order chi connectivity index (χ1) is 30.3. The number of H-pyrrole nitrogens is 1. The number of methoxy groups -OCH3 is 2. The molecule has 2 saturated heterocycles. The van der Waals surface area contributed by atoms with Crippen LogP contribution in [-0.4, -0.2) is 146 Å². The molecule has 2 aliphatic heterocycles. The van der Waals surface area contributed by atoms with Crippen LogP contribution in [0.2, 0.25) is 36.3 Å². The Morgan fingerprint density at radius 1 is 0.833 bits per heavy atom. The number of nitrogens with two attached hydrogens (primary N) is 1. The number of carbonyl (C=O) groups is 6. The van der Waals surface area contributed by atoms with Gasteiger partial charge in [0, 0.05) is 63.3 Å². The van der Waals surface area contributed by atoms with Crippen molar-refractivity contribution in [1.29, 1.82) is 0 Å². The number of likely N-dealkylation sites (tertiary alicyclic amines) is 2. The molecule has 1 aromatic heterocycles. The molecule has 366 valence electrons. The molecule has 6 N–H and O–H groups in total. The van der Waals surface area contributed by atoms with E-state index in [0.29, 0.717) is 24.8 Å². The summed E-state index contributed by atoms with van der Waals surface area (Å²) < 4.78 is 22.5. The average Bonchev–Trinajstić information content (AvgIpc) is 3.84. The zero-order chi connectivity index (χ0) is 50.4. The largest absolute Gasteiger partial charge is 0.480 e. The van der Waals surface area contributed by atoms with Crippen molar-refractivity contribution in [1.82, 2.24) is 14.8 Å². The number of amides is 2. The number of hydrogen-bond donors (Lipinski definition) is 5. The number of aromatic amines is 1. The van der Waals surface area contributed by atoms with Gasteiger partial charge in [-0.2, -0.15) is 0 Å². The van der Waals surface area contributed by atoms with Gasteiger partial charge in [0.05, 0.1) is 14.2 Å². The highest BCUT2D eigenvalue weighted by Crippen LogP contribution is 2.44. The van der Waals surface area contributed by atoms with E-state index in [9.17, 15) is 39.0 Å². The van der Waals surface area contributed by atoms with E-state index < -0.39 is 76.4 Å². The minimum Gasteiger partial charge on any atom is -0.480 e. The summed E-state index contributed by atoms with van der Waals surface area (Å²) in [7, 11) is 1.71. The van der Waals surface area contributed by atoms with Crippen LogP contribution in [0.5, 0.6) is 0 Å². The van der Waals surface area contributed by atoms with Crippen LogP contribution in [-0.2, 0) is 59.9 Å². The third-order valence-corrected chi connectivity index (χ3v) is 22.4. The number of benzene rings is 2. The number of carbonyl (C=O) groups excluding carboxylic acids is 4. The summed E-state index contributed by atoms with van der Waals surface area (Å²) in [5.74, 6) is -3.88. The maximum atomic E-state index is 13.3. The molecule has 2 aliphatic rings. The molecule has 0 radical (unpaired) electrons. The van der Waals surface area contributed by atoms with Crippen LogP contribution in [0.4, 0.5) is 0 Å². The fourth-order valence-electron chi connectivity index (χ4n) is 7.36. The molecule has 2 aromatic carbocycles. The fourth-order valence-corrected chi connectivity index (χ4v) is 10.1. The van der Waals surface area contributed by atoms with Crippen LogP contribution in [0.15, 0.2) is 60.8 Å². The number of fused-ring (bicyclic) bond motifs is 1. The van der Waals surface area contributed by atoms with Gasteiger partial charge in [0.2, 0.25) is 0 Å². The topological polar surface area (TPSA) is 248 Å². The van der Waals surface area contributed by atoms with E-state index in [4.69, 9.17) is 29.2 Å². The molecule has 0 bridgehead atoms. The predicted molar refractivity (Wildman–Crippen MR) is 254 cm³/mol. The quantitative estimate of drug-likeness (QED) is 0.0989. The first-order valence-corrected chi connectivity index (χ1v) is 27.7. The van der Waals surface area contributed by atoms with E-state index in [1.807, 2.05) is 42.5 Å². The molecule has 3 heterocycles. The summed E-state index contributed by atoms with van der Waals surface area (Å²) in [4.78, 5) is 77.3. The van der Waals surface area contributed by atoms with Gasteiger partial charge in [-0.1, -0.05) is 90.1 Å². The predicted octanol–water partition coefficient (Wildman–Crippen LogP) is 5.50. The Kier molecular flexibility index (Phi) is 17.9. The van der Waals surface area contributed by atoms with Crippen molar-refractivity contribution in [3.05, 3.63) is 71.9 Å². The maximum Gasteiger partial charge on any atom is 0.336 e.